The van der Waals surface area contributed by atoms with E-state index in [9.17, 15) is 8.42 Å². The molecule has 1 aromatic carbocycles. The number of aromatic amines is 1. The van der Waals surface area contributed by atoms with Gasteiger partial charge in [-0.1, -0.05) is 7.43 Å². The summed E-state index contributed by atoms with van der Waals surface area (Å²) in [6.45, 7) is 0. The van der Waals surface area contributed by atoms with Gasteiger partial charge in [0.25, 0.3) is 0 Å². The molecule has 2 aromatic heterocycles. The molecule has 6 nitrogen and oxygen atoms in total. The number of hydrogen-bond acceptors (Lipinski definition) is 6. The molecule has 4 N–H and O–H groups in total. The zero-order valence-corrected chi connectivity index (χ0v) is 15.8. The fourth-order valence-corrected chi connectivity index (χ4v) is 6.71. The molecule has 0 spiro atoms. The Labute approximate surface area is 156 Å². The molecule has 0 radical (unpaired) electrons. The fraction of sp³-hybridized carbons (Fsp3) is 0.143. The molecule has 0 aliphatic carbocycles. The lowest BCUT2D eigenvalue weighted by atomic mass is 10.3. The van der Waals surface area contributed by atoms with E-state index >= 15 is 0 Å². The van der Waals surface area contributed by atoms with Crippen molar-refractivity contribution in [3.63, 3.8) is 0 Å². The first-order valence-electron chi connectivity index (χ1n) is 6.24. The van der Waals surface area contributed by atoms with Gasteiger partial charge in [-0.3, -0.25) is 5.41 Å². The maximum absolute atomic E-state index is 13.0. The third-order valence-electron chi connectivity index (χ3n) is 3.17. The molecule has 24 heavy (non-hydrogen) atoms. The van der Waals surface area contributed by atoms with Crippen molar-refractivity contribution >= 4 is 65.7 Å². The van der Waals surface area contributed by atoms with Crippen LogP contribution in [0.4, 0.5) is 0 Å². The van der Waals surface area contributed by atoms with Crippen LogP contribution in [-0.4, -0.2) is 30.5 Å². The number of nitrogens with two attached hydrogens (primary N) is 1. The molecule has 0 fully saturated rings. The summed E-state index contributed by atoms with van der Waals surface area (Å²) in [6, 6.07) is 4.55. The van der Waals surface area contributed by atoms with E-state index in [2.05, 4.69) is 25.9 Å². The smallest absolute Gasteiger partial charge is 0.208 e. The highest BCUT2D eigenvalue weighted by molar-refractivity contribution is 9.10. The number of nitrogens with one attached hydrogen (secondary N) is 2. The predicted octanol–water partition coefficient (Wildman–Crippen LogP) is 3.86. The lowest BCUT2D eigenvalue weighted by molar-refractivity contribution is 0.595. The Morgan fingerprint density at radius 1 is 1.42 bits per heavy atom. The number of nitrogens with zero attached hydrogens (tertiary/aromatic N) is 1. The van der Waals surface area contributed by atoms with Gasteiger partial charge < -0.3 is 10.7 Å². The van der Waals surface area contributed by atoms with Crippen LogP contribution >= 0.6 is 39.0 Å². The summed E-state index contributed by atoms with van der Waals surface area (Å²) in [5.74, 6) is -0.142. The van der Waals surface area contributed by atoms with Gasteiger partial charge >= 0.3 is 0 Å². The average molecular weight is 447 g/mol. The van der Waals surface area contributed by atoms with E-state index in [-0.39, 0.29) is 23.1 Å². The van der Waals surface area contributed by atoms with Crippen molar-refractivity contribution < 1.29 is 8.42 Å². The van der Waals surface area contributed by atoms with E-state index in [1.54, 1.807) is 12.3 Å². The van der Waals surface area contributed by atoms with E-state index in [1.165, 1.54) is 41.6 Å². The molecule has 128 valence electrons. The first-order valence-corrected chi connectivity index (χ1v) is 10.6. The van der Waals surface area contributed by atoms with Gasteiger partial charge in [-0.25, -0.2) is 13.4 Å². The summed E-state index contributed by atoms with van der Waals surface area (Å²) in [5.41, 5.74) is 6.79. The number of sulfone groups is 1. The Morgan fingerprint density at radius 2 is 2.12 bits per heavy atom. The monoisotopic (exact) mass is 446 g/mol. The average Bonchev–Trinajstić information content (AvgIpc) is 3.13. The van der Waals surface area contributed by atoms with Crippen LogP contribution in [0.25, 0.3) is 11.0 Å². The number of rotatable bonds is 4. The number of hydrogen-bond donors (Lipinski definition) is 3. The van der Waals surface area contributed by atoms with Crippen LogP contribution in [0.2, 0.25) is 0 Å². The van der Waals surface area contributed by atoms with Gasteiger partial charge in [0.2, 0.25) is 9.84 Å². The molecule has 0 aliphatic heterocycles. The summed E-state index contributed by atoms with van der Waals surface area (Å²) in [5, 5.41) is 7.51. The van der Waals surface area contributed by atoms with E-state index in [0.29, 0.717) is 24.6 Å². The number of thiophene rings is 1. The molecular weight excluding hydrogens is 432 g/mol. The fourth-order valence-electron chi connectivity index (χ4n) is 2.08. The van der Waals surface area contributed by atoms with Crippen LogP contribution in [0.15, 0.2) is 43.0 Å². The quantitative estimate of drug-likeness (QED) is 0.319. The number of imidazole rings is 1. The summed E-state index contributed by atoms with van der Waals surface area (Å²) in [4.78, 5) is 7.81. The molecule has 3 aromatic rings. The maximum atomic E-state index is 13.0. The lowest BCUT2D eigenvalue weighted by Crippen LogP contribution is -2.08. The zero-order valence-electron chi connectivity index (χ0n) is 11.8. The molecule has 0 aliphatic rings. The second-order valence-electron chi connectivity index (χ2n) is 4.59. The molecule has 2 heterocycles. The number of aromatic nitrogens is 2. The van der Waals surface area contributed by atoms with Gasteiger partial charge in [0, 0.05) is 4.47 Å². The van der Waals surface area contributed by atoms with Crippen molar-refractivity contribution in [2.24, 2.45) is 5.73 Å². The molecule has 0 bridgehead atoms. The molecule has 0 saturated carbocycles. The molecule has 0 amide bonds. The number of amidine groups is 1. The van der Waals surface area contributed by atoms with Crippen LogP contribution in [0, 0.1) is 5.41 Å². The Balaban J connectivity index is 0.00000208. The van der Waals surface area contributed by atoms with E-state index in [4.69, 9.17) is 11.1 Å². The minimum atomic E-state index is -3.73. The summed E-state index contributed by atoms with van der Waals surface area (Å²) >= 11 is 5.87. The topological polar surface area (TPSA) is 113 Å². The zero-order chi connectivity index (χ0) is 16.8. The number of thioether (sulfide) groups is 1. The first-order chi connectivity index (χ1) is 10.8. The van der Waals surface area contributed by atoms with Crippen LogP contribution in [-0.2, 0) is 9.84 Å². The van der Waals surface area contributed by atoms with Gasteiger partial charge in [0.15, 0.2) is 0 Å². The molecular formula is C14H15BrN4O2S3. The van der Waals surface area contributed by atoms with Crippen LogP contribution in [0.5, 0.6) is 0 Å². The van der Waals surface area contributed by atoms with Crippen molar-refractivity contribution in [2.45, 2.75) is 21.4 Å². The standard InChI is InChI=1S/C13H11BrN4O2S3.CH4/c1-21-13-10(4-9(22-13)12(15)16)23(19,20)6-2-7(14)11-8(3-6)17-5-18-11;/h2-5H,1H3,(H3,15,16)(H,17,18);1H4. The van der Waals surface area contributed by atoms with Crippen LogP contribution < -0.4 is 5.73 Å². The predicted molar refractivity (Wildman–Crippen MR) is 103 cm³/mol. The molecule has 0 saturated heterocycles. The molecule has 0 atom stereocenters. The van der Waals surface area contributed by atoms with Crippen molar-refractivity contribution in [1.82, 2.24) is 9.97 Å². The summed E-state index contributed by atoms with van der Waals surface area (Å²) in [7, 11) is -3.73. The number of H-pyrrole nitrogens is 1. The Kier molecular flexibility index (Phi) is 5.43. The van der Waals surface area contributed by atoms with Crippen molar-refractivity contribution in [1.29, 1.82) is 5.41 Å². The Hall–Kier alpha value is -1.36. The normalized spacial score (nSPS) is 11.4. The molecule has 10 heteroatoms. The summed E-state index contributed by atoms with van der Waals surface area (Å²) < 4.78 is 27.2. The number of fused-ring (bicyclic) bond motifs is 1. The van der Waals surface area contributed by atoms with Crippen molar-refractivity contribution in [3.8, 4) is 0 Å². The highest BCUT2D eigenvalue weighted by Gasteiger charge is 2.26. The lowest BCUT2D eigenvalue weighted by Gasteiger charge is -2.06. The second kappa shape index (κ2) is 6.87. The first kappa shape index (κ1) is 19.0. The number of nitrogen functional groups attached to an aromatic ring is 1. The van der Waals surface area contributed by atoms with Crippen LogP contribution in [0.3, 0.4) is 0 Å². The highest BCUT2D eigenvalue weighted by Crippen LogP contribution is 2.38. The third kappa shape index (κ3) is 3.10. The van der Waals surface area contributed by atoms with Crippen LogP contribution in [0.1, 0.15) is 12.3 Å². The van der Waals surface area contributed by atoms with Gasteiger partial charge in [0.1, 0.15) is 11.4 Å². The summed E-state index contributed by atoms with van der Waals surface area (Å²) in [6.07, 6.45) is 3.31. The maximum Gasteiger partial charge on any atom is 0.208 e. The van der Waals surface area contributed by atoms with E-state index in [0.717, 1.165) is 0 Å². The molecule has 0 unspecified atom stereocenters. The van der Waals surface area contributed by atoms with Gasteiger partial charge in [0.05, 0.1) is 30.7 Å². The SMILES string of the molecule is C.CSc1sc(C(=N)N)cc1S(=O)(=O)c1cc(Br)c2nc[nH]c2c1. The largest absolute Gasteiger partial charge is 0.383 e. The van der Waals surface area contributed by atoms with Crippen molar-refractivity contribution in [2.75, 3.05) is 6.26 Å². The van der Waals surface area contributed by atoms with Gasteiger partial charge in [-0.2, -0.15) is 0 Å². The van der Waals surface area contributed by atoms with E-state index in [1.807, 2.05) is 0 Å². The van der Waals surface area contributed by atoms with Gasteiger partial charge in [-0.15, -0.1) is 23.1 Å². The van der Waals surface area contributed by atoms with Crippen molar-refractivity contribution in [3.05, 3.63) is 33.9 Å². The molecule has 3 rings (SSSR count). The Bertz CT molecular complexity index is 1020. The van der Waals surface area contributed by atoms with E-state index < -0.39 is 9.84 Å². The minimum absolute atomic E-state index is 0. The minimum Gasteiger partial charge on any atom is -0.383 e. The second-order valence-corrected chi connectivity index (χ2v) is 9.49. The highest BCUT2D eigenvalue weighted by atomic mass is 79.9. The number of benzene rings is 1. The van der Waals surface area contributed by atoms with Gasteiger partial charge in [-0.05, 0) is 40.4 Å². The third-order valence-corrected chi connectivity index (χ3v) is 8.09. The Morgan fingerprint density at radius 3 is 2.75 bits per heavy atom. The number of halogens is 1.